The number of methoxy groups -OCH3 is 1. The fourth-order valence-corrected chi connectivity index (χ4v) is 1.59. The molecule has 0 aromatic carbocycles. The Bertz CT molecular complexity index is 258. The van der Waals surface area contributed by atoms with Gasteiger partial charge in [-0.05, 0) is 12.8 Å². The molecule has 92 valence electrons. The largest absolute Gasteiger partial charge is 0.385 e. The average Bonchev–Trinajstić information content (AvgIpc) is 2.64. The number of rotatable bonds is 6. The van der Waals surface area contributed by atoms with Crippen molar-refractivity contribution >= 4 is 11.8 Å². The van der Waals surface area contributed by atoms with Crippen LogP contribution in [0.2, 0.25) is 0 Å². The predicted octanol–water partition coefficient (Wildman–Crippen LogP) is -1.25. The Hall–Kier alpha value is -1.14. The highest BCUT2D eigenvalue weighted by Crippen LogP contribution is 2.01. The predicted molar refractivity (Wildman–Crippen MR) is 58.6 cm³/mol. The highest BCUT2D eigenvalue weighted by atomic mass is 16.5. The van der Waals surface area contributed by atoms with Gasteiger partial charge in [-0.25, -0.2) is 0 Å². The second-order valence-electron chi connectivity index (χ2n) is 3.96. The number of nitrogens with one attached hydrogen (secondary N) is 2. The van der Waals surface area contributed by atoms with E-state index in [0.717, 1.165) is 6.42 Å². The van der Waals surface area contributed by atoms with E-state index >= 15 is 0 Å². The molecule has 6 heteroatoms. The molecule has 0 radical (unpaired) electrons. The molecule has 6 nitrogen and oxygen atoms in total. The summed E-state index contributed by atoms with van der Waals surface area (Å²) in [6.07, 6.45) is 1.69. The minimum Gasteiger partial charge on any atom is -0.385 e. The van der Waals surface area contributed by atoms with Gasteiger partial charge in [0.15, 0.2) is 0 Å². The van der Waals surface area contributed by atoms with Crippen LogP contribution in [0.4, 0.5) is 0 Å². The van der Waals surface area contributed by atoms with Gasteiger partial charge in [0.05, 0.1) is 12.1 Å². The van der Waals surface area contributed by atoms with Gasteiger partial charge in [0.25, 0.3) is 0 Å². The van der Waals surface area contributed by atoms with Gasteiger partial charge in [-0.15, -0.1) is 0 Å². The number of nitrogens with two attached hydrogens (primary N) is 1. The van der Waals surface area contributed by atoms with E-state index in [2.05, 4.69) is 10.6 Å². The fraction of sp³-hybridized carbons (Fsp3) is 0.800. The quantitative estimate of drug-likeness (QED) is 0.496. The molecule has 0 aliphatic carbocycles. The van der Waals surface area contributed by atoms with Crippen LogP contribution >= 0.6 is 0 Å². The number of carbonyl (C=O) groups is 2. The van der Waals surface area contributed by atoms with Gasteiger partial charge in [0.2, 0.25) is 11.8 Å². The van der Waals surface area contributed by atoms with Crippen molar-refractivity contribution in [3.05, 3.63) is 0 Å². The molecular weight excluding hydrogens is 210 g/mol. The average molecular weight is 229 g/mol. The van der Waals surface area contributed by atoms with Crippen molar-refractivity contribution in [2.45, 2.75) is 31.3 Å². The number of hydrogen-bond acceptors (Lipinski definition) is 4. The van der Waals surface area contributed by atoms with Gasteiger partial charge in [-0.3, -0.25) is 9.59 Å². The zero-order valence-corrected chi connectivity index (χ0v) is 9.49. The summed E-state index contributed by atoms with van der Waals surface area (Å²) in [7, 11) is 1.61. The van der Waals surface area contributed by atoms with Crippen molar-refractivity contribution in [1.82, 2.24) is 10.6 Å². The van der Waals surface area contributed by atoms with Crippen molar-refractivity contribution in [1.29, 1.82) is 0 Å². The molecule has 1 heterocycles. The summed E-state index contributed by atoms with van der Waals surface area (Å²) in [5, 5.41) is 5.40. The summed E-state index contributed by atoms with van der Waals surface area (Å²) in [5.74, 6) is -0.226. The number of ether oxygens (including phenoxy) is 1. The Labute approximate surface area is 94.9 Å². The van der Waals surface area contributed by atoms with E-state index < -0.39 is 6.04 Å². The van der Waals surface area contributed by atoms with Crippen LogP contribution in [0.15, 0.2) is 0 Å². The van der Waals surface area contributed by atoms with Crippen molar-refractivity contribution in [2.75, 3.05) is 20.3 Å². The second-order valence-corrected chi connectivity index (χ2v) is 3.96. The summed E-state index contributed by atoms with van der Waals surface area (Å²) in [6, 6.07) is -0.640. The van der Waals surface area contributed by atoms with Crippen LogP contribution < -0.4 is 16.4 Å². The Balaban J connectivity index is 2.20. The molecule has 0 saturated carbocycles. The van der Waals surface area contributed by atoms with Crippen LogP contribution in [0, 0.1) is 0 Å². The van der Waals surface area contributed by atoms with Crippen LogP contribution in [0.25, 0.3) is 0 Å². The van der Waals surface area contributed by atoms with Crippen LogP contribution in [0.1, 0.15) is 19.3 Å². The lowest BCUT2D eigenvalue weighted by Gasteiger charge is -2.15. The third-order valence-corrected chi connectivity index (χ3v) is 2.52. The monoisotopic (exact) mass is 229 g/mol. The van der Waals surface area contributed by atoms with Gasteiger partial charge in [-0.1, -0.05) is 0 Å². The van der Waals surface area contributed by atoms with E-state index in [0.29, 0.717) is 26.0 Å². The smallest absolute Gasteiger partial charge is 0.237 e. The summed E-state index contributed by atoms with van der Waals surface area (Å²) in [6.45, 7) is 1.10. The standard InChI is InChI=1S/C10H19N3O3/c1-16-4-2-3-8(11)10(15)13-7-5-9(14)12-6-7/h7-8H,2-6,11H2,1H3,(H,12,14)(H,13,15). The Kier molecular flexibility index (Phi) is 5.21. The maximum atomic E-state index is 11.6. The van der Waals surface area contributed by atoms with E-state index in [1.54, 1.807) is 7.11 Å². The van der Waals surface area contributed by atoms with Gasteiger partial charge in [0, 0.05) is 26.7 Å². The lowest BCUT2D eigenvalue weighted by Crippen LogP contribution is -2.46. The van der Waals surface area contributed by atoms with E-state index in [9.17, 15) is 9.59 Å². The van der Waals surface area contributed by atoms with Gasteiger partial charge in [-0.2, -0.15) is 0 Å². The van der Waals surface area contributed by atoms with E-state index in [1.165, 1.54) is 0 Å². The van der Waals surface area contributed by atoms with Crippen LogP contribution in [0.3, 0.4) is 0 Å². The molecule has 2 atom stereocenters. The Morgan fingerprint density at radius 2 is 2.50 bits per heavy atom. The molecule has 0 spiro atoms. The van der Waals surface area contributed by atoms with Crippen molar-refractivity contribution in [3.8, 4) is 0 Å². The normalized spacial score (nSPS) is 21.6. The number of hydrogen-bond donors (Lipinski definition) is 3. The Morgan fingerprint density at radius 1 is 1.75 bits per heavy atom. The molecule has 4 N–H and O–H groups in total. The van der Waals surface area contributed by atoms with Gasteiger partial charge in [0.1, 0.15) is 0 Å². The molecule has 1 fully saturated rings. The summed E-state index contributed by atoms with van der Waals surface area (Å²) >= 11 is 0. The van der Waals surface area contributed by atoms with Crippen molar-refractivity contribution in [2.24, 2.45) is 5.73 Å². The van der Waals surface area contributed by atoms with Gasteiger partial charge >= 0.3 is 0 Å². The minimum atomic E-state index is -0.522. The van der Waals surface area contributed by atoms with Gasteiger partial charge < -0.3 is 21.1 Å². The highest BCUT2D eigenvalue weighted by molar-refractivity contribution is 5.84. The number of carbonyl (C=O) groups excluding carboxylic acids is 2. The van der Waals surface area contributed by atoms with Crippen LogP contribution in [-0.2, 0) is 14.3 Å². The molecule has 1 aliphatic heterocycles. The van der Waals surface area contributed by atoms with Crippen molar-refractivity contribution in [3.63, 3.8) is 0 Å². The molecule has 2 amide bonds. The summed E-state index contributed by atoms with van der Waals surface area (Å²) < 4.78 is 4.88. The molecule has 1 aliphatic rings. The van der Waals surface area contributed by atoms with E-state index in [4.69, 9.17) is 10.5 Å². The molecule has 0 bridgehead atoms. The third-order valence-electron chi connectivity index (χ3n) is 2.52. The Morgan fingerprint density at radius 3 is 3.06 bits per heavy atom. The molecular formula is C10H19N3O3. The van der Waals surface area contributed by atoms with Crippen molar-refractivity contribution < 1.29 is 14.3 Å². The first-order valence-corrected chi connectivity index (χ1v) is 5.45. The minimum absolute atomic E-state index is 0.0294. The lowest BCUT2D eigenvalue weighted by molar-refractivity contribution is -0.123. The van der Waals surface area contributed by atoms with Crippen LogP contribution in [0.5, 0.6) is 0 Å². The number of amides is 2. The maximum Gasteiger partial charge on any atom is 0.237 e. The first kappa shape index (κ1) is 12.9. The lowest BCUT2D eigenvalue weighted by atomic mass is 10.1. The third kappa shape index (κ3) is 4.16. The van der Waals surface area contributed by atoms with Crippen LogP contribution in [-0.4, -0.2) is 44.2 Å². The zero-order valence-electron chi connectivity index (χ0n) is 9.49. The molecule has 1 rings (SSSR count). The molecule has 0 aromatic rings. The first-order valence-electron chi connectivity index (χ1n) is 5.45. The summed E-state index contributed by atoms with van der Waals surface area (Å²) in [5.41, 5.74) is 5.70. The molecule has 1 saturated heterocycles. The second kappa shape index (κ2) is 6.44. The maximum absolute atomic E-state index is 11.6. The molecule has 0 aromatic heterocycles. The first-order chi connectivity index (χ1) is 7.63. The van der Waals surface area contributed by atoms with E-state index in [-0.39, 0.29) is 17.9 Å². The summed E-state index contributed by atoms with van der Waals surface area (Å²) in [4.78, 5) is 22.5. The SMILES string of the molecule is COCCCC(N)C(=O)NC1CNC(=O)C1. The zero-order chi connectivity index (χ0) is 12.0. The molecule has 16 heavy (non-hydrogen) atoms. The highest BCUT2D eigenvalue weighted by Gasteiger charge is 2.24. The fourth-order valence-electron chi connectivity index (χ4n) is 1.59. The van der Waals surface area contributed by atoms with E-state index in [1.807, 2.05) is 0 Å². The molecule has 2 unspecified atom stereocenters. The topological polar surface area (TPSA) is 93.4 Å².